The molecule has 2 heterocycles. The van der Waals surface area contributed by atoms with Crippen LogP contribution in [0, 0.1) is 0 Å². The molecule has 6 amide bonds. The van der Waals surface area contributed by atoms with Crippen molar-refractivity contribution in [2.45, 2.75) is 6.36 Å². The fraction of sp³-hybridized carbons (Fsp3) is 0.222. The van der Waals surface area contributed by atoms with Gasteiger partial charge in [-0.25, -0.2) is 9.59 Å². The van der Waals surface area contributed by atoms with Crippen LogP contribution in [0.3, 0.4) is 0 Å². The number of ketones is 1. The summed E-state index contributed by atoms with van der Waals surface area (Å²) in [6.45, 7) is -0.130. The number of hydrogen-bond donors (Lipinski definition) is 2. The van der Waals surface area contributed by atoms with E-state index in [4.69, 9.17) is 0 Å². The molecule has 2 aliphatic heterocycles. The number of carbonyl (C=O) groups excluding carboxylic acids is 5. The van der Waals surface area contributed by atoms with Gasteiger partial charge in [-0.1, -0.05) is 36.4 Å². The zero-order chi connectivity index (χ0) is 29.3. The van der Waals surface area contributed by atoms with Crippen molar-refractivity contribution in [2.75, 3.05) is 42.9 Å². The molecule has 2 aliphatic rings. The van der Waals surface area contributed by atoms with Gasteiger partial charge in [0.05, 0.1) is 16.9 Å². The molecule has 1 saturated heterocycles. The fourth-order valence-electron chi connectivity index (χ4n) is 4.69. The number of fused-ring (bicyclic) bond motifs is 2. The maximum Gasteiger partial charge on any atom is 0.573 e. The SMILES string of the molecule is O=C(NC(=O)N1CCN(C(=O)CN2C(=O)C(=O)c3cc(OC(F)(F)F)ccc32)CC1)Nc1cccc2ccccc12. The first-order valence-corrected chi connectivity index (χ1v) is 12.4. The van der Waals surface area contributed by atoms with Crippen LogP contribution >= 0.6 is 0 Å². The second-order valence-electron chi connectivity index (χ2n) is 9.23. The number of carbonyl (C=O) groups is 5. The van der Waals surface area contributed by atoms with Crippen LogP contribution in [0.5, 0.6) is 5.75 Å². The highest BCUT2D eigenvalue weighted by Gasteiger charge is 2.39. The zero-order valence-corrected chi connectivity index (χ0v) is 21.2. The molecule has 2 N–H and O–H groups in total. The van der Waals surface area contributed by atoms with E-state index in [1.807, 2.05) is 30.3 Å². The minimum absolute atomic E-state index is 0.00176. The van der Waals surface area contributed by atoms with E-state index in [2.05, 4.69) is 15.4 Å². The van der Waals surface area contributed by atoms with Crippen LogP contribution in [-0.4, -0.2) is 78.5 Å². The Morgan fingerprint density at radius 2 is 1.56 bits per heavy atom. The van der Waals surface area contributed by atoms with Crippen molar-refractivity contribution in [3.8, 4) is 5.75 Å². The number of rotatable bonds is 4. The lowest BCUT2D eigenvalue weighted by atomic mass is 10.1. The quantitative estimate of drug-likeness (QED) is 0.464. The predicted molar refractivity (Wildman–Crippen MR) is 139 cm³/mol. The van der Waals surface area contributed by atoms with Gasteiger partial charge >= 0.3 is 18.4 Å². The number of anilines is 2. The number of ether oxygens (including phenoxy) is 1. The molecule has 11 nitrogen and oxygen atoms in total. The number of urea groups is 2. The van der Waals surface area contributed by atoms with Gasteiger partial charge in [0.1, 0.15) is 12.3 Å². The average Bonchev–Trinajstić information content (AvgIpc) is 3.16. The van der Waals surface area contributed by atoms with Gasteiger partial charge in [-0.15, -0.1) is 13.2 Å². The molecular weight excluding hydrogens is 547 g/mol. The lowest BCUT2D eigenvalue weighted by Gasteiger charge is -2.35. The van der Waals surface area contributed by atoms with Gasteiger partial charge in [0.2, 0.25) is 5.91 Å². The molecule has 0 atom stereocenters. The Bertz CT molecular complexity index is 1560. The van der Waals surface area contributed by atoms with E-state index >= 15 is 0 Å². The highest BCUT2D eigenvalue weighted by atomic mass is 19.4. The monoisotopic (exact) mass is 569 g/mol. The minimum Gasteiger partial charge on any atom is -0.406 e. The number of nitrogens with one attached hydrogen (secondary N) is 2. The van der Waals surface area contributed by atoms with Crippen LogP contribution in [0.15, 0.2) is 60.7 Å². The van der Waals surface area contributed by atoms with Crippen molar-refractivity contribution in [2.24, 2.45) is 0 Å². The fourth-order valence-corrected chi connectivity index (χ4v) is 4.69. The summed E-state index contributed by atoms with van der Waals surface area (Å²) in [5.74, 6) is -3.29. The summed E-state index contributed by atoms with van der Waals surface area (Å²) in [4.78, 5) is 66.4. The van der Waals surface area contributed by atoms with Crippen LogP contribution in [-0.2, 0) is 9.59 Å². The Labute approximate surface area is 230 Å². The minimum atomic E-state index is -4.98. The van der Waals surface area contributed by atoms with Gasteiger partial charge in [-0.3, -0.25) is 24.6 Å². The third-order valence-corrected chi connectivity index (χ3v) is 6.65. The highest BCUT2D eigenvalue weighted by molar-refractivity contribution is 6.52. The van der Waals surface area contributed by atoms with E-state index in [0.29, 0.717) is 5.69 Å². The Balaban J connectivity index is 1.14. The van der Waals surface area contributed by atoms with E-state index in [1.54, 1.807) is 12.1 Å². The molecule has 0 spiro atoms. The van der Waals surface area contributed by atoms with E-state index in [-0.39, 0.29) is 37.4 Å². The van der Waals surface area contributed by atoms with E-state index in [9.17, 15) is 37.1 Å². The van der Waals surface area contributed by atoms with Gasteiger partial charge in [0, 0.05) is 31.6 Å². The van der Waals surface area contributed by atoms with Crippen LogP contribution in [0.25, 0.3) is 10.8 Å². The lowest BCUT2D eigenvalue weighted by Crippen LogP contribution is -2.55. The van der Waals surface area contributed by atoms with Crippen molar-refractivity contribution in [3.63, 3.8) is 0 Å². The maximum atomic E-state index is 12.9. The topological polar surface area (TPSA) is 128 Å². The van der Waals surface area contributed by atoms with Crippen LogP contribution in [0.1, 0.15) is 10.4 Å². The summed E-state index contributed by atoms with van der Waals surface area (Å²) < 4.78 is 41.4. The van der Waals surface area contributed by atoms with E-state index < -0.39 is 48.3 Å². The molecular formula is C27H22F3N5O6. The molecule has 0 radical (unpaired) electrons. The number of amides is 6. The molecule has 14 heteroatoms. The normalized spacial score (nSPS) is 15.1. The Kier molecular flexibility index (Phi) is 7.22. The second kappa shape index (κ2) is 10.8. The summed E-state index contributed by atoms with van der Waals surface area (Å²) in [7, 11) is 0. The van der Waals surface area contributed by atoms with Crippen LogP contribution in [0.2, 0.25) is 0 Å². The molecule has 0 saturated carbocycles. The average molecular weight is 569 g/mol. The van der Waals surface area contributed by atoms with Crippen molar-refractivity contribution in [1.82, 2.24) is 15.1 Å². The largest absolute Gasteiger partial charge is 0.573 e. The third-order valence-electron chi connectivity index (χ3n) is 6.65. The molecule has 41 heavy (non-hydrogen) atoms. The summed E-state index contributed by atoms with van der Waals surface area (Å²) in [6.07, 6.45) is -4.98. The number of alkyl halides is 3. The van der Waals surface area contributed by atoms with Crippen LogP contribution in [0.4, 0.5) is 34.1 Å². The molecule has 5 rings (SSSR count). The standard InChI is InChI=1S/C27H22F3N5O6/c28-27(29,30)41-17-8-9-21-19(14-17)23(37)24(38)35(21)15-22(36)33-10-12-34(13-11-33)26(40)32-25(39)31-20-7-3-5-16-4-1-2-6-18(16)20/h1-9,14H,10-13,15H2,(H2,31,32,39,40). The first-order chi connectivity index (χ1) is 19.5. The van der Waals surface area contributed by atoms with E-state index in [0.717, 1.165) is 33.9 Å². The van der Waals surface area contributed by atoms with Gasteiger partial charge < -0.3 is 19.9 Å². The highest BCUT2D eigenvalue weighted by Crippen LogP contribution is 2.34. The Hall–Kier alpha value is -5.14. The van der Waals surface area contributed by atoms with Crippen molar-refractivity contribution < 1.29 is 41.9 Å². The third kappa shape index (κ3) is 5.90. The Morgan fingerprint density at radius 1 is 0.878 bits per heavy atom. The van der Waals surface area contributed by atoms with Gasteiger partial charge in [0.25, 0.3) is 11.7 Å². The summed E-state index contributed by atoms with van der Waals surface area (Å²) in [5, 5.41) is 6.65. The van der Waals surface area contributed by atoms with Crippen LogP contribution < -0.4 is 20.3 Å². The molecule has 0 unspecified atom stereocenters. The maximum absolute atomic E-state index is 12.9. The number of piperazine rings is 1. The first-order valence-electron chi connectivity index (χ1n) is 12.4. The summed E-state index contributed by atoms with van der Waals surface area (Å²) in [6, 6.07) is 14.3. The second-order valence-corrected chi connectivity index (χ2v) is 9.23. The number of halogens is 3. The van der Waals surface area contributed by atoms with Crippen molar-refractivity contribution in [3.05, 3.63) is 66.2 Å². The predicted octanol–water partition coefficient (Wildman–Crippen LogP) is 3.35. The van der Waals surface area contributed by atoms with E-state index in [1.165, 1.54) is 9.80 Å². The van der Waals surface area contributed by atoms with Gasteiger partial charge in [-0.2, -0.15) is 0 Å². The molecule has 212 valence electrons. The molecule has 0 aromatic heterocycles. The molecule has 0 aliphatic carbocycles. The smallest absolute Gasteiger partial charge is 0.406 e. The van der Waals surface area contributed by atoms with Crippen molar-refractivity contribution in [1.29, 1.82) is 0 Å². The lowest BCUT2D eigenvalue weighted by molar-refractivity contribution is -0.274. The molecule has 3 aromatic carbocycles. The number of imide groups is 1. The zero-order valence-electron chi connectivity index (χ0n) is 21.2. The number of Topliss-reactive ketones (excluding diaryl/α,β-unsaturated/α-hetero) is 1. The molecule has 1 fully saturated rings. The van der Waals surface area contributed by atoms with Gasteiger partial charge in [-0.05, 0) is 29.7 Å². The first kappa shape index (κ1) is 27.4. The van der Waals surface area contributed by atoms with Gasteiger partial charge in [0.15, 0.2) is 0 Å². The number of benzene rings is 3. The van der Waals surface area contributed by atoms with Crippen molar-refractivity contribution >= 4 is 51.8 Å². The number of nitrogens with zero attached hydrogens (tertiary/aromatic N) is 3. The molecule has 0 bridgehead atoms. The number of hydrogen-bond acceptors (Lipinski definition) is 6. The molecule has 3 aromatic rings. The summed E-state index contributed by atoms with van der Waals surface area (Å²) >= 11 is 0. The summed E-state index contributed by atoms with van der Waals surface area (Å²) in [5.41, 5.74) is 0.232. The Morgan fingerprint density at radius 3 is 2.29 bits per heavy atom.